The zero-order valence-corrected chi connectivity index (χ0v) is 14.1. The van der Waals surface area contributed by atoms with E-state index >= 15 is 0 Å². The summed E-state index contributed by atoms with van der Waals surface area (Å²) in [4.78, 5) is 0. The first-order valence-corrected chi connectivity index (χ1v) is 7.91. The Morgan fingerprint density at radius 2 is 1.69 bits per heavy atom. The van der Waals surface area contributed by atoms with E-state index in [9.17, 15) is 0 Å². The number of hydrogen-bond donors (Lipinski definition) is 0. The Morgan fingerprint density at radius 1 is 1.12 bits per heavy atom. The highest BCUT2D eigenvalue weighted by Crippen LogP contribution is 2.27. The second-order valence-corrected chi connectivity index (χ2v) is 6.19. The van der Waals surface area contributed by atoms with Crippen molar-refractivity contribution in [1.29, 1.82) is 0 Å². The van der Waals surface area contributed by atoms with Gasteiger partial charge in [-0.25, -0.2) is 0 Å². The molecule has 0 heterocycles. The monoisotopic (exact) mass is 444 g/mol. The highest BCUT2D eigenvalue weighted by atomic mass is 127. The van der Waals surface area contributed by atoms with Crippen LogP contribution in [0.15, 0.2) is 18.2 Å². The molecular weight excluding hydrogens is 426 g/mol. The molecule has 0 N–H and O–H groups in total. The molecule has 0 aromatic heterocycles. The first kappa shape index (κ1) is 14.5. The van der Waals surface area contributed by atoms with Crippen molar-refractivity contribution >= 4 is 45.2 Å². The molecule has 0 atom stereocenters. The molecule has 90 valence electrons. The number of benzene rings is 1. The van der Waals surface area contributed by atoms with E-state index in [0.717, 1.165) is 24.7 Å². The second-order valence-electron chi connectivity index (χ2n) is 3.87. The van der Waals surface area contributed by atoms with Gasteiger partial charge in [-0.15, -0.1) is 0 Å². The van der Waals surface area contributed by atoms with Crippen molar-refractivity contribution in [2.24, 2.45) is 5.92 Å². The highest BCUT2D eigenvalue weighted by molar-refractivity contribution is 14.1. The van der Waals surface area contributed by atoms with Crippen molar-refractivity contribution < 1.29 is 4.74 Å². The molecule has 0 bridgehead atoms. The van der Waals surface area contributed by atoms with E-state index in [1.807, 2.05) is 0 Å². The topological polar surface area (TPSA) is 9.23 Å². The summed E-state index contributed by atoms with van der Waals surface area (Å²) in [5.41, 5.74) is 0. The largest absolute Gasteiger partial charge is 0.491 e. The van der Waals surface area contributed by atoms with Gasteiger partial charge < -0.3 is 4.74 Å². The molecule has 0 saturated carbocycles. The van der Waals surface area contributed by atoms with Gasteiger partial charge >= 0.3 is 0 Å². The summed E-state index contributed by atoms with van der Waals surface area (Å²) in [6.07, 6.45) is 3.67. The van der Waals surface area contributed by atoms with Crippen LogP contribution >= 0.6 is 45.2 Å². The van der Waals surface area contributed by atoms with Crippen molar-refractivity contribution in [3.8, 4) is 5.75 Å². The number of hydrogen-bond acceptors (Lipinski definition) is 1. The molecule has 0 saturated heterocycles. The summed E-state index contributed by atoms with van der Waals surface area (Å²) in [7, 11) is 0. The third-order valence-electron chi connectivity index (χ3n) is 2.85. The molecule has 0 amide bonds. The lowest BCUT2D eigenvalue weighted by molar-refractivity contribution is 0.269. The fraction of sp³-hybridized carbons (Fsp3) is 0.538. The van der Waals surface area contributed by atoms with Gasteiger partial charge in [0.1, 0.15) is 5.75 Å². The van der Waals surface area contributed by atoms with Gasteiger partial charge in [0.15, 0.2) is 0 Å². The molecule has 0 unspecified atom stereocenters. The van der Waals surface area contributed by atoms with E-state index in [0.29, 0.717) is 0 Å². The summed E-state index contributed by atoms with van der Waals surface area (Å²) >= 11 is 4.66. The van der Waals surface area contributed by atoms with Crippen molar-refractivity contribution in [2.45, 2.75) is 33.1 Å². The van der Waals surface area contributed by atoms with Crippen LogP contribution in [0, 0.1) is 13.1 Å². The predicted molar refractivity (Wildman–Crippen MR) is 86.1 cm³/mol. The maximum Gasteiger partial charge on any atom is 0.145 e. The SMILES string of the molecule is CCC(CC)CCOc1c(I)cccc1I. The molecular formula is C13H18I2O. The quantitative estimate of drug-likeness (QED) is 0.555. The molecule has 3 heteroatoms. The number of ether oxygens (including phenoxy) is 1. The van der Waals surface area contributed by atoms with Gasteiger partial charge in [0, 0.05) is 0 Å². The van der Waals surface area contributed by atoms with E-state index in [2.05, 4.69) is 77.2 Å². The Balaban J connectivity index is 2.48. The minimum Gasteiger partial charge on any atom is -0.491 e. The van der Waals surface area contributed by atoms with E-state index < -0.39 is 0 Å². The third-order valence-corrected chi connectivity index (χ3v) is 4.55. The summed E-state index contributed by atoms with van der Waals surface area (Å²) in [5, 5.41) is 0. The first-order valence-electron chi connectivity index (χ1n) is 5.75. The zero-order chi connectivity index (χ0) is 12.0. The molecule has 16 heavy (non-hydrogen) atoms. The van der Waals surface area contributed by atoms with Crippen LogP contribution in [0.5, 0.6) is 5.75 Å². The average molecular weight is 444 g/mol. The molecule has 1 aromatic carbocycles. The number of halogens is 2. The lowest BCUT2D eigenvalue weighted by Gasteiger charge is -2.14. The molecule has 1 aromatic rings. The van der Waals surface area contributed by atoms with Gasteiger partial charge in [-0.2, -0.15) is 0 Å². The summed E-state index contributed by atoms with van der Waals surface area (Å²) in [6.45, 7) is 5.34. The smallest absolute Gasteiger partial charge is 0.145 e. The molecule has 0 aliphatic rings. The molecule has 0 aliphatic carbocycles. The van der Waals surface area contributed by atoms with Crippen LogP contribution in [-0.4, -0.2) is 6.61 Å². The fourth-order valence-electron chi connectivity index (χ4n) is 1.64. The van der Waals surface area contributed by atoms with E-state index in [1.54, 1.807) is 0 Å². The Labute approximate surface area is 126 Å². The van der Waals surface area contributed by atoms with Crippen molar-refractivity contribution in [2.75, 3.05) is 6.61 Å². The normalized spacial score (nSPS) is 10.8. The van der Waals surface area contributed by atoms with Crippen molar-refractivity contribution in [3.05, 3.63) is 25.3 Å². The van der Waals surface area contributed by atoms with Crippen LogP contribution in [0.3, 0.4) is 0 Å². The van der Waals surface area contributed by atoms with E-state index in [1.165, 1.54) is 20.0 Å². The summed E-state index contributed by atoms with van der Waals surface area (Å²) < 4.78 is 8.29. The molecule has 1 rings (SSSR count). The minimum atomic E-state index is 0.805. The van der Waals surface area contributed by atoms with Gasteiger partial charge in [-0.05, 0) is 69.7 Å². The van der Waals surface area contributed by atoms with Crippen molar-refractivity contribution in [1.82, 2.24) is 0 Å². The van der Waals surface area contributed by atoms with Gasteiger partial charge in [0.05, 0.1) is 13.7 Å². The Morgan fingerprint density at radius 3 is 2.19 bits per heavy atom. The zero-order valence-electron chi connectivity index (χ0n) is 9.80. The van der Waals surface area contributed by atoms with Gasteiger partial charge in [0.25, 0.3) is 0 Å². The standard InChI is InChI=1S/C13H18I2O/c1-3-10(4-2)8-9-16-13-11(14)6-5-7-12(13)15/h5-7,10H,3-4,8-9H2,1-2H3. The molecule has 0 spiro atoms. The molecule has 0 fully saturated rings. The van der Waals surface area contributed by atoms with E-state index in [4.69, 9.17) is 4.74 Å². The van der Waals surface area contributed by atoms with Crippen LogP contribution in [0.1, 0.15) is 33.1 Å². The molecule has 0 radical (unpaired) electrons. The van der Waals surface area contributed by atoms with Crippen LogP contribution < -0.4 is 4.74 Å². The van der Waals surface area contributed by atoms with Crippen LogP contribution in [0.25, 0.3) is 0 Å². The predicted octanol–water partition coefficient (Wildman–Crippen LogP) is 5.10. The Kier molecular flexibility index (Phi) is 7.03. The van der Waals surface area contributed by atoms with Crippen LogP contribution in [0.4, 0.5) is 0 Å². The van der Waals surface area contributed by atoms with Gasteiger partial charge in [0.2, 0.25) is 0 Å². The number of para-hydroxylation sites is 1. The lowest BCUT2D eigenvalue weighted by atomic mass is 10.0. The highest BCUT2D eigenvalue weighted by Gasteiger charge is 2.07. The fourth-order valence-corrected chi connectivity index (χ4v) is 3.47. The third kappa shape index (κ3) is 4.39. The van der Waals surface area contributed by atoms with Crippen LogP contribution in [0.2, 0.25) is 0 Å². The van der Waals surface area contributed by atoms with Gasteiger partial charge in [-0.1, -0.05) is 32.8 Å². The number of rotatable bonds is 6. The van der Waals surface area contributed by atoms with Gasteiger partial charge in [-0.3, -0.25) is 0 Å². The maximum atomic E-state index is 5.89. The minimum absolute atomic E-state index is 0.805. The maximum absolute atomic E-state index is 5.89. The average Bonchev–Trinajstić information content (AvgIpc) is 2.28. The summed E-state index contributed by atoms with van der Waals surface area (Å²) in [5.74, 6) is 1.86. The molecule has 0 aliphatic heterocycles. The van der Waals surface area contributed by atoms with E-state index in [-0.39, 0.29) is 0 Å². The molecule has 1 nitrogen and oxygen atoms in total. The Bertz CT molecular complexity index is 301. The summed E-state index contributed by atoms with van der Waals surface area (Å²) in [6, 6.07) is 6.25. The van der Waals surface area contributed by atoms with Crippen LogP contribution in [-0.2, 0) is 0 Å². The second kappa shape index (κ2) is 7.74. The Hall–Kier alpha value is 0.480. The van der Waals surface area contributed by atoms with Crippen molar-refractivity contribution in [3.63, 3.8) is 0 Å². The first-order chi connectivity index (χ1) is 7.69. The lowest BCUT2D eigenvalue weighted by Crippen LogP contribution is -2.06.